The van der Waals surface area contributed by atoms with Crippen LogP contribution in [0.25, 0.3) is 20.7 Å². The Labute approximate surface area is 170 Å². The molecule has 0 unspecified atom stereocenters. The minimum absolute atomic E-state index is 0.0826. The fourth-order valence-electron chi connectivity index (χ4n) is 2.74. The van der Waals surface area contributed by atoms with Crippen LogP contribution >= 0.6 is 11.3 Å². The van der Waals surface area contributed by atoms with Crippen molar-refractivity contribution in [1.82, 2.24) is 9.55 Å². The number of nitrogens with zero attached hydrogens (tertiary/aromatic N) is 2. The van der Waals surface area contributed by atoms with Gasteiger partial charge in [0, 0.05) is 11.4 Å². The Balaban J connectivity index is 1.56. The summed E-state index contributed by atoms with van der Waals surface area (Å²) in [7, 11) is -3.86. The molecule has 4 aromatic rings. The monoisotopic (exact) mass is 430 g/mol. The van der Waals surface area contributed by atoms with Crippen molar-refractivity contribution in [1.29, 1.82) is 0 Å². The lowest BCUT2D eigenvalue weighted by Crippen LogP contribution is -2.25. The molecule has 0 spiro atoms. The second-order valence-electron chi connectivity index (χ2n) is 6.23. The van der Waals surface area contributed by atoms with Crippen LogP contribution < -0.4 is 9.74 Å². The largest absolute Gasteiger partial charge is 0.382 e. The van der Waals surface area contributed by atoms with E-state index < -0.39 is 10.1 Å². The predicted molar refractivity (Wildman–Crippen MR) is 110 cm³/mol. The third-order valence-corrected chi connectivity index (χ3v) is 6.47. The zero-order valence-electron chi connectivity index (χ0n) is 15.0. The zero-order chi connectivity index (χ0) is 20.4. The fourth-order valence-corrected chi connectivity index (χ4v) is 4.71. The summed E-state index contributed by atoms with van der Waals surface area (Å²) in [5, 5.41) is 0. The SMILES string of the molecule is O=c1c2sc(-c3ccc(F)cc3)cc2ncn1CCS(=O)(=O)Oc1ccccc1. The number of aryl methyl sites for hydroxylation is 1. The van der Waals surface area contributed by atoms with Crippen LogP contribution in [0.3, 0.4) is 0 Å². The summed E-state index contributed by atoms with van der Waals surface area (Å²) in [6, 6.07) is 15.9. The van der Waals surface area contributed by atoms with E-state index in [2.05, 4.69) is 4.98 Å². The summed E-state index contributed by atoms with van der Waals surface area (Å²) in [6.07, 6.45) is 1.32. The second kappa shape index (κ2) is 7.76. The number of benzene rings is 2. The minimum Gasteiger partial charge on any atom is -0.382 e. The minimum atomic E-state index is -3.86. The van der Waals surface area contributed by atoms with Gasteiger partial charge in [0.2, 0.25) is 0 Å². The first-order valence-electron chi connectivity index (χ1n) is 8.63. The zero-order valence-corrected chi connectivity index (χ0v) is 16.6. The van der Waals surface area contributed by atoms with E-state index in [1.54, 1.807) is 48.5 Å². The van der Waals surface area contributed by atoms with Gasteiger partial charge in [-0.3, -0.25) is 9.36 Å². The van der Waals surface area contributed by atoms with E-state index in [-0.39, 0.29) is 29.4 Å². The second-order valence-corrected chi connectivity index (χ2v) is 8.98. The highest BCUT2D eigenvalue weighted by Gasteiger charge is 2.16. The molecule has 0 saturated heterocycles. The quantitative estimate of drug-likeness (QED) is 0.436. The molecular weight excluding hydrogens is 415 g/mol. The van der Waals surface area contributed by atoms with Crippen molar-refractivity contribution in [2.45, 2.75) is 6.54 Å². The lowest BCUT2D eigenvalue weighted by molar-refractivity contribution is 0.480. The van der Waals surface area contributed by atoms with Crippen molar-refractivity contribution in [2.24, 2.45) is 0 Å². The number of fused-ring (bicyclic) bond motifs is 1. The van der Waals surface area contributed by atoms with Crippen molar-refractivity contribution in [3.63, 3.8) is 0 Å². The maximum absolute atomic E-state index is 13.1. The van der Waals surface area contributed by atoms with Crippen LogP contribution in [0.5, 0.6) is 5.75 Å². The molecule has 0 aliphatic rings. The van der Waals surface area contributed by atoms with Crippen LogP contribution in [-0.4, -0.2) is 23.7 Å². The van der Waals surface area contributed by atoms with Gasteiger partial charge in [0.15, 0.2) is 0 Å². The van der Waals surface area contributed by atoms with Gasteiger partial charge in [-0.25, -0.2) is 9.37 Å². The van der Waals surface area contributed by atoms with E-state index in [4.69, 9.17) is 4.18 Å². The summed E-state index contributed by atoms with van der Waals surface area (Å²) in [5.41, 5.74) is 0.960. The average Bonchev–Trinajstić information content (AvgIpc) is 3.14. The summed E-state index contributed by atoms with van der Waals surface area (Å²) < 4.78 is 44.2. The topological polar surface area (TPSA) is 78.3 Å². The summed E-state index contributed by atoms with van der Waals surface area (Å²) in [6.45, 7) is -0.0826. The van der Waals surface area contributed by atoms with Crippen LogP contribution in [0, 0.1) is 5.82 Å². The molecule has 0 fully saturated rings. The number of thiophene rings is 1. The molecule has 29 heavy (non-hydrogen) atoms. The number of aromatic nitrogens is 2. The molecule has 2 heterocycles. The van der Waals surface area contributed by atoms with Crippen molar-refractivity contribution >= 4 is 31.7 Å². The maximum atomic E-state index is 13.1. The first-order chi connectivity index (χ1) is 13.9. The number of halogens is 1. The molecule has 0 bridgehead atoms. The Bertz CT molecular complexity index is 1310. The third kappa shape index (κ3) is 4.36. The van der Waals surface area contributed by atoms with Gasteiger partial charge in [-0.15, -0.1) is 11.3 Å². The first-order valence-corrected chi connectivity index (χ1v) is 11.0. The van der Waals surface area contributed by atoms with E-state index in [0.717, 1.165) is 10.4 Å². The molecule has 0 aliphatic carbocycles. The molecular formula is C20H15FN2O4S2. The van der Waals surface area contributed by atoms with Gasteiger partial charge in [0.05, 0.1) is 11.8 Å². The highest BCUT2D eigenvalue weighted by atomic mass is 32.2. The van der Waals surface area contributed by atoms with E-state index in [1.807, 2.05) is 0 Å². The van der Waals surface area contributed by atoms with E-state index in [0.29, 0.717) is 10.2 Å². The Hall–Kier alpha value is -3.04. The molecule has 6 nitrogen and oxygen atoms in total. The summed E-state index contributed by atoms with van der Waals surface area (Å²) in [5.74, 6) is -0.490. The van der Waals surface area contributed by atoms with Crippen molar-refractivity contribution < 1.29 is 17.0 Å². The molecule has 2 aromatic heterocycles. The molecule has 2 aromatic carbocycles. The van der Waals surface area contributed by atoms with Gasteiger partial charge >= 0.3 is 10.1 Å². The highest BCUT2D eigenvalue weighted by Crippen LogP contribution is 2.30. The van der Waals surface area contributed by atoms with Crippen LogP contribution in [0.1, 0.15) is 0 Å². The van der Waals surface area contributed by atoms with Crippen LogP contribution in [0.2, 0.25) is 0 Å². The molecule has 0 amide bonds. The van der Waals surface area contributed by atoms with Crippen molar-refractivity contribution in [3.8, 4) is 16.2 Å². The molecule has 0 N–H and O–H groups in total. The number of hydrogen-bond acceptors (Lipinski definition) is 6. The van der Waals surface area contributed by atoms with Gasteiger partial charge in [0.25, 0.3) is 5.56 Å². The average molecular weight is 430 g/mol. The predicted octanol–water partition coefficient (Wildman–Crippen LogP) is 3.67. The molecule has 0 atom stereocenters. The highest BCUT2D eigenvalue weighted by molar-refractivity contribution is 7.87. The van der Waals surface area contributed by atoms with Gasteiger partial charge in [-0.2, -0.15) is 8.42 Å². The molecule has 4 rings (SSSR count). The van der Waals surface area contributed by atoms with Gasteiger partial charge < -0.3 is 4.18 Å². The van der Waals surface area contributed by atoms with Gasteiger partial charge in [-0.05, 0) is 35.9 Å². The Morgan fingerprint density at radius 1 is 1.07 bits per heavy atom. The number of para-hydroxylation sites is 1. The van der Waals surface area contributed by atoms with Gasteiger partial charge in [-0.1, -0.05) is 30.3 Å². The summed E-state index contributed by atoms with van der Waals surface area (Å²) in [4.78, 5) is 17.8. The normalized spacial score (nSPS) is 11.6. The fraction of sp³-hybridized carbons (Fsp3) is 0.100. The van der Waals surface area contributed by atoms with Crippen molar-refractivity contribution in [2.75, 3.05) is 5.75 Å². The lowest BCUT2D eigenvalue weighted by atomic mass is 10.2. The van der Waals surface area contributed by atoms with Crippen molar-refractivity contribution in [3.05, 3.63) is 83.2 Å². The van der Waals surface area contributed by atoms with Crippen LogP contribution in [0.4, 0.5) is 4.39 Å². The third-order valence-electron chi connectivity index (χ3n) is 4.18. The Kier molecular flexibility index (Phi) is 5.16. The summed E-state index contributed by atoms with van der Waals surface area (Å²) >= 11 is 1.23. The molecule has 0 radical (unpaired) electrons. The smallest absolute Gasteiger partial charge is 0.310 e. The Morgan fingerprint density at radius 3 is 2.52 bits per heavy atom. The van der Waals surface area contributed by atoms with E-state index in [1.165, 1.54) is 34.4 Å². The molecule has 0 saturated carbocycles. The molecule has 9 heteroatoms. The van der Waals surface area contributed by atoms with Crippen LogP contribution in [-0.2, 0) is 16.7 Å². The molecule has 148 valence electrons. The first kappa shape index (κ1) is 19.3. The maximum Gasteiger partial charge on any atom is 0.310 e. The standard InChI is InChI=1S/C20H15FN2O4S2/c21-15-8-6-14(7-9-15)18-12-17-19(28-18)20(24)23(13-22-17)10-11-29(25,26)27-16-4-2-1-3-5-16/h1-9,12-13H,10-11H2. The van der Waals surface area contributed by atoms with Gasteiger partial charge in [0.1, 0.15) is 22.0 Å². The van der Waals surface area contributed by atoms with E-state index in [9.17, 15) is 17.6 Å². The van der Waals surface area contributed by atoms with E-state index >= 15 is 0 Å². The Morgan fingerprint density at radius 2 is 1.79 bits per heavy atom. The number of rotatable bonds is 6. The van der Waals surface area contributed by atoms with Crippen LogP contribution in [0.15, 0.2) is 71.8 Å². The lowest BCUT2D eigenvalue weighted by Gasteiger charge is -2.08. The number of hydrogen-bond donors (Lipinski definition) is 0. The molecule has 0 aliphatic heterocycles.